The third-order valence-corrected chi connectivity index (χ3v) is 2.94. The molecule has 0 aromatic carbocycles. The number of hydrogen-bond donors (Lipinski definition) is 0. The van der Waals surface area contributed by atoms with Crippen LogP contribution < -0.4 is 0 Å². The Morgan fingerprint density at radius 3 is 2.57 bits per heavy atom. The minimum Gasteiger partial charge on any atom is -0.466 e. The molecule has 0 heterocycles. The Kier molecular flexibility index (Phi) is 9.47. The monoisotopic (exact) mass is 264 g/mol. The summed E-state index contributed by atoms with van der Waals surface area (Å²) >= 11 is 3.54. The van der Waals surface area contributed by atoms with E-state index in [1.807, 2.05) is 0 Å². The molecule has 0 saturated heterocycles. The fraction of sp³-hybridized carbons (Fsp3) is 0.909. The number of carbonyl (C=O) groups excluding carboxylic acids is 1. The molecule has 0 spiro atoms. The van der Waals surface area contributed by atoms with Crippen LogP contribution in [0, 0.1) is 0 Å². The van der Waals surface area contributed by atoms with Crippen molar-refractivity contribution in [2.45, 2.75) is 57.2 Å². The van der Waals surface area contributed by atoms with Crippen LogP contribution in [0.4, 0.5) is 0 Å². The second kappa shape index (κ2) is 9.50. The van der Waals surface area contributed by atoms with E-state index in [-0.39, 0.29) is 5.97 Å². The SMILES string of the molecule is CCCCOC(=O)CCC(Br)CCC. The van der Waals surface area contributed by atoms with Crippen molar-refractivity contribution < 1.29 is 9.53 Å². The Morgan fingerprint density at radius 2 is 2.00 bits per heavy atom. The molecule has 0 aromatic rings. The summed E-state index contributed by atoms with van der Waals surface area (Å²) in [6.07, 6.45) is 5.75. The van der Waals surface area contributed by atoms with Crippen LogP contribution in [0.25, 0.3) is 0 Å². The number of esters is 1. The number of ether oxygens (including phenoxy) is 1. The molecule has 14 heavy (non-hydrogen) atoms. The van der Waals surface area contributed by atoms with Gasteiger partial charge in [0.2, 0.25) is 0 Å². The fourth-order valence-corrected chi connectivity index (χ4v) is 1.82. The summed E-state index contributed by atoms with van der Waals surface area (Å²) in [4.78, 5) is 11.6. The van der Waals surface area contributed by atoms with Crippen LogP contribution in [0.15, 0.2) is 0 Å². The normalized spacial score (nSPS) is 12.5. The van der Waals surface area contributed by atoms with Crippen molar-refractivity contribution in [1.82, 2.24) is 0 Å². The van der Waals surface area contributed by atoms with Crippen molar-refractivity contribution in [3.05, 3.63) is 0 Å². The van der Waals surface area contributed by atoms with E-state index in [0.29, 0.717) is 17.9 Å². The Hall–Kier alpha value is -0.0500. The van der Waals surface area contributed by atoms with Gasteiger partial charge in [0.1, 0.15) is 0 Å². The van der Waals surface area contributed by atoms with Gasteiger partial charge in [-0.2, -0.15) is 0 Å². The molecule has 0 fully saturated rings. The van der Waals surface area contributed by atoms with Crippen molar-refractivity contribution in [3.63, 3.8) is 0 Å². The first-order valence-corrected chi connectivity index (χ1v) is 6.42. The van der Waals surface area contributed by atoms with Crippen molar-refractivity contribution in [3.8, 4) is 0 Å². The van der Waals surface area contributed by atoms with Gasteiger partial charge in [-0.25, -0.2) is 0 Å². The van der Waals surface area contributed by atoms with Crippen molar-refractivity contribution in [2.75, 3.05) is 6.61 Å². The van der Waals surface area contributed by atoms with E-state index in [1.165, 1.54) is 0 Å². The zero-order chi connectivity index (χ0) is 10.8. The average Bonchev–Trinajstić information content (AvgIpc) is 2.16. The lowest BCUT2D eigenvalue weighted by atomic mass is 10.1. The molecule has 84 valence electrons. The lowest BCUT2D eigenvalue weighted by Crippen LogP contribution is -2.08. The average molecular weight is 265 g/mol. The molecule has 0 rings (SSSR count). The molecule has 1 atom stereocenters. The van der Waals surface area contributed by atoms with E-state index < -0.39 is 0 Å². The summed E-state index contributed by atoms with van der Waals surface area (Å²) in [6, 6.07) is 0. The second-order valence-corrected chi connectivity index (χ2v) is 4.79. The van der Waals surface area contributed by atoms with E-state index in [0.717, 1.165) is 32.1 Å². The zero-order valence-corrected chi connectivity index (χ0v) is 10.8. The first kappa shape index (κ1) is 13.9. The first-order chi connectivity index (χ1) is 6.70. The van der Waals surface area contributed by atoms with Gasteiger partial charge in [-0.05, 0) is 19.3 Å². The van der Waals surface area contributed by atoms with Crippen LogP contribution in [-0.2, 0) is 9.53 Å². The van der Waals surface area contributed by atoms with Crippen molar-refractivity contribution in [2.24, 2.45) is 0 Å². The maximum absolute atomic E-state index is 11.2. The van der Waals surface area contributed by atoms with Crippen LogP contribution in [0.2, 0.25) is 0 Å². The fourth-order valence-electron chi connectivity index (χ4n) is 1.13. The molecular weight excluding hydrogens is 244 g/mol. The van der Waals surface area contributed by atoms with Crippen LogP contribution in [-0.4, -0.2) is 17.4 Å². The number of unbranched alkanes of at least 4 members (excludes halogenated alkanes) is 1. The molecule has 1 unspecified atom stereocenters. The molecule has 2 nitrogen and oxygen atoms in total. The minimum atomic E-state index is -0.0565. The molecule has 0 aromatic heterocycles. The molecule has 0 aliphatic heterocycles. The maximum atomic E-state index is 11.2. The van der Waals surface area contributed by atoms with Crippen LogP contribution in [0.3, 0.4) is 0 Å². The summed E-state index contributed by atoms with van der Waals surface area (Å²) in [5.41, 5.74) is 0. The van der Waals surface area contributed by atoms with E-state index in [4.69, 9.17) is 4.74 Å². The molecule has 0 N–H and O–H groups in total. The van der Waals surface area contributed by atoms with Gasteiger partial charge >= 0.3 is 5.97 Å². The molecule has 0 amide bonds. The lowest BCUT2D eigenvalue weighted by Gasteiger charge is -2.07. The van der Waals surface area contributed by atoms with E-state index in [2.05, 4.69) is 29.8 Å². The highest BCUT2D eigenvalue weighted by Gasteiger charge is 2.07. The Balaban J connectivity index is 3.34. The summed E-state index contributed by atoms with van der Waals surface area (Å²) in [7, 11) is 0. The highest BCUT2D eigenvalue weighted by molar-refractivity contribution is 9.09. The summed E-state index contributed by atoms with van der Waals surface area (Å²) in [5.74, 6) is -0.0565. The Labute approximate surface area is 95.5 Å². The predicted molar refractivity (Wildman–Crippen MR) is 62.7 cm³/mol. The van der Waals surface area contributed by atoms with Crippen molar-refractivity contribution in [1.29, 1.82) is 0 Å². The summed E-state index contributed by atoms with van der Waals surface area (Å²) in [6.45, 7) is 4.81. The molecule has 0 aliphatic carbocycles. The Morgan fingerprint density at radius 1 is 1.29 bits per heavy atom. The van der Waals surface area contributed by atoms with Gasteiger partial charge in [0.25, 0.3) is 0 Å². The smallest absolute Gasteiger partial charge is 0.305 e. The van der Waals surface area contributed by atoms with E-state index in [1.54, 1.807) is 0 Å². The standard InChI is InChI=1S/C11H21BrO2/c1-3-5-9-14-11(13)8-7-10(12)6-4-2/h10H,3-9H2,1-2H3. The molecule has 0 radical (unpaired) electrons. The number of alkyl halides is 1. The van der Waals surface area contributed by atoms with Gasteiger partial charge in [-0.15, -0.1) is 0 Å². The maximum Gasteiger partial charge on any atom is 0.305 e. The zero-order valence-electron chi connectivity index (χ0n) is 9.22. The van der Waals surface area contributed by atoms with Crippen LogP contribution in [0.1, 0.15) is 52.4 Å². The van der Waals surface area contributed by atoms with Crippen molar-refractivity contribution >= 4 is 21.9 Å². The first-order valence-electron chi connectivity index (χ1n) is 5.50. The van der Waals surface area contributed by atoms with Gasteiger partial charge in [0.15, 0.2) is 0 Å². The largest absolute Gasteiger partial charge is 0.466 e. The van der Waals surface area contributed by atoms with Gasteiger partial charge < -0.3 is 4.74 Å². The van der Waals surface area contributed by atoms with Crippen LogP contribution in [0.5, 0.6) is 0 Å². The summed E-state index contributed by atoms with van der Waals surface area (Å²) in [5, 5.41) is 0. The number of rotatable bonds is 8. The molecule has 0 saturated carbocycles. The highest BCUT2D eigenvalue weighted by Crippen LogP contribution is 2.14. The van der Waals surface area contributed by atoms with Gasteiger partial charge in [-0.3, -0.25) is 4.79 Å². The third-order valence-electron chi connectivity index (χ3n) is 2.02. The second-order valence-electron chi connectivity index (χ2n) is 3.50. The minimum absolute atomic E-state index is 0.0565. The molecule has 0 bridgehead atoms. The highest BCUT2D eigenvalue weighted by atomic mass is 79.9. The van der Waals surface area contributed by atoms with Gasteiger partial charge in [0.05, 0.1) is 6.61 Å². The Bertz CT molecular complexity index is 148. The third kappa shape index (κ3) is 8.54. The van der Waals surface area contributed by atoms with Crippen LogP contribution >= 0.6 is 15.9 Å². The van der Waals surface area contributed by atoms with E-state index in [9.17, 15) is 4.79 Å². The number of halogens is 1. The van der Waals surface area contributed by atoms with Gasteiger partial charge in [0, 0.05) is 11.2 Å². The topological polar surface area (TPSA) is 26.3 Å². The molecule has 3 heteroatoms. The van der Waals surface area contributed by atoms with Gasteiger partial charge in [-0.1, -0.05) is 42.6 Å². The quantitative estimate of drug-likeness (QED) is 0.380. The lowest BCUT2D eigenvalue weighted by molar-refractivity contribution is -0.143. The summed E-state index contributed by atoms with van der Waals surface area (Å²) < 4.78 is 5.05. The molecule has 0 aliphatic rings. The molecular formula is C11H21BrO2. The number of carbonyl (C=O) groups is 1. The predicted octanol–water partition coefficient (Wildman–Crippen LogP) is 3.67. The van der Waals surface area contributed by atoms with E-state index >= 15 is 0 Å². The number of hydrogen-bond acceptors (Lipinski definition) is 2.